The van der Waals surface area contributed by atoms with E-state index in [0.29, 0.717) is 23.9 Å². The molecule has 2 N–H and O–H groups in total. The van der Waals surface area contributed by atoms with Crippen molar-refractivity contribution < 1.29 is 14.6 Å². The predicted octanol–water partition coefficient (Wildman–Crippen LogP) is 3.48. The average molecular weight is 359 g/mol. The van der Waals surface area contributed by atoms with E-state index in [9.17, 15) is 5.11 Å². The number of rotatable bonds is 6. The van der Waals surface area contributed by atoms with Gasteiger partial charge < -0.3 is 19.9 Å². The molecule has 0 aliphatic rings. The molecule has 0 radical (unpaired) electrons. The predicted molar refractivity (Wildman–Crippen MR) is 101 cm³/mol. The highest BCUT2D eigenvalue weighted by Gasteiger charge is 2.16. The van der Waals surface area contributed by atoms with Gasteiger partial charge in [-0.3, -0.25) is 0 Å². The molecule has 0 aliphatic heterocycles. The summed E-state index contributed by atoms with van der Waals surface area (Å²) in [5.74, 6) is 2.78. The van der Waals surface area contributed by atoms with Crippen molar-refractivity contribution in [2.24, 2.45) is 0 Å². The molecule has 3 rings (SSSR count). The topological polar surface area (TPSA) is 76.5 Å². The van der Waals surface area contributed by atoms with Gasteiger partial charge in [0.25, 0.3) is 0 Å². The summed E-state index contributed by atoms with van der Waals surface area (Å²) >= 11 is 1.57. The standard InChI is InChI=1S/C18H21N3O3S/c1-10(22)8-19-17-16-13(9-25-18(16)21-11(2)20-17)12-5-6-14(23-3)15(7-12)24-4/h5-7,9-10,22H,8H2,1-4H3,(H,19,20,21). The molecule has 0 fully saturated rings. The average Bonchev–Trinajstić information content (AvgIpc) is 3.02. The fraction of sp³-hybridized carbons (Fsp3) is 0.333. The molecule has 0 spiro atoms. The Morgan fingerprint density at radius 2 is 1.96 bits per heavy atom. The fourth-order valence-corrected chi connectivity index (χ4v) is 3.63. The van der Waals surface area contributed by atoms with Crippen molar-refractivity contribution in [3.8, 4) is 22.6 Å². The van der Waals surface area contributed by atoms with Crippen molar-refractivity contribution in [3.05, 3.63) is 29.4 Å². The minimum atomic E-state index is -0.464. The van der Waals surface area contributed by atoms with Crippen LogP contribution in [-0.2, 0) is 0 Å². The van der Waals surface area contributed by atoms with Crippen LogP contribution in [0, 0.1) is 6.92 Å². The van der Waals surface area contributed by atoms with E-state index < -0.39 is 6.10 Å². The van der Waals surface area contributed by atoms with E-state index in [1.165, 1.54) is 0 Å². The first-order valence-corrected chi connectivity index (χ1v) is 8.81. The van der Waals surface area contributed by atoms with Gasteiger partial charge in [0.1, 0.15) is 16.5 Å². The van der Waals surface area contributed by atoms with Crippen LogP contribution in [0.15, 0.2) is 23.6 Å². The number of anilines is 1. The summed E-state index contributed by atoms with van der Waals surface area (Å²) in [5.41, 5.74) is 2.02. The third-order valence-electron chi connectivity index (χ3n) is 3.80. The quantitative estimate of drug-likeness (QED) is 0.702. The molecule has 7 heteroatoms. The van der Waals surface area contributed by atoms with Gasteiger partial charge in [0, 0.05) is 17.5 Å². The first-order valence-electron chi connectivity index (χ1n) is 7.93. The van der Waals surface area contributed by atoms with Crippen LogP contribution in [0.3, 0.4) is 0 Å². The summed E-state index contributed by atoms with van der Waals surface area (Å²) in [7, 11) is 3.24. The molecule has 1 atom stereocenters. The number of fused-ring (bicyclic) bond motifs is 1. The molecule has 3 aromatic rings. The van der Waals surface area contributed by atoms with Gasteiger partial charge >= 0.3 is 0 Å². The Morgan fingerprint density at radius 1 is 1.20 bits per heavy atom. The van der Waals surface area contributed by atoms with Crippen molar-refractivity contribution >= 4 is 27.4 Å². The third kappa shape index (κ3) is 3.52. The molecule has 132 valence electrons. The van der Waals surface area contributed by atoms with E-state index in [4.69, 9.17) is 9.47 Å². The van der Waals surface area contributed by atoms with Crippen molar-refractivity contribution in [2.45, 2.75) is 20.0 Å². The van der Waals surface area contributed by atoms with E-state index in [-0.39, 0.29) is 0 Å². The largest absolute Gasteiger partial charge is 0.493 e. The van der Waals surface area contributed by atoms with Crippen LogP contribution in [0.2, 0.25) is 0 Å². The number of ether oxygens (including phenoxy) is 2. The SMILES string of the molecule is COc1ccc(-c2csc3nc(C)nc(NCC(C)O)c23)cc1OC. The van der Waals surface area contributed by atoms with Crippen LogP contribution in [0.5, 0.6) is 11.5 Å². The number of thiophene rings is 1. The highest BCUT2D eigenvalue weighted by Crippen LogP contribution is 2.40. The summed E-state index contributed by atoms with van der Waals surface area (Å²) in [6.45, 7) is 4.02. The minimum Gasteiger partial charge on any atom is -0.493 e. The molecule has 0 bridgehead atoms. The number of nitrogens with one attached hydrogen (secondary N) is 1. The molecule has 1 unspecified atom stereocenters. The van der Waals surface area contributed by atoms with Crippen LogP contribution in [0.4, 0.5) is 5.82 Å². The molecule has 2 aromatic heterocycles. The normalized spacial score (nSPS) is 12.2. The number of nitrogens with zero attached hydrogens (tertiary/aromatic N) is 2. The van der Waals surface area contributed by atoms with Gasteiger partial charge in [0.05, 0.1) is 25.7 Å². The van der Waals surface area contributed by atoms with Crippen LogP contribution in [0.25, 0.3) is 21.3 Å². The zero-order valence-electron chi connectivity index (χ0n) is 14.7. The van der Waals surface area contributed by atoms with Gasteiger partial charge in [0.2, 0.25) is 0 Å². The highest BCUT2D eigenvalue weighted by molar-refractivity contribution is 7.17. The molecule has 0 aliphatic carbocycles. The maximum absolute atomic E-state index is 9.58. The van der Waals surface area contributed by atoms with E-state index in [2.05, 4.69) is 20.7 Å². The Balaban J connectivity index is 2.13. The molecule has 6 nitrogen and oxygen atoms in total. The van der Waals surface area contributed by atoms with Gasteiger partial charge in [0.15, 0.2) is 11.5 Å². The maximum atomic E-state index is 9.58. The number of methoxy groups -OCH3 is 2. The molecule has 2 heterocycles. The molecule has 0 amide bonds. The van der Waals surface area contributed by atoms with Crippen LogP contribution in [-0.4, -0.2) is 41.9 Å². The Kier molecular flexibility index (Phi) is 5.06. The molecule has 0 saturated carbocycles. The second-order valence-electron chi connectivity index (χ2n) is 5.75. The van der Waals surface area contributed by atoms with Gasteiger partial charge in [-0.05, 0) is 31.5 Å². The Bertz CT molecular complexity index is 893. The van der Waals surface area contributed by atoms with Crippen molar-refractivity contribution in [1.29, 1.82) is 0 Å². The van der Waals surface area contributed by atoms with Crippen molar-refractivity contribution in [1.82, 2.24) is 9.97 Å². The smallest absolute Gasteiger partial charge is 0.161 e. The number of aliphatic hydroxyl groups excluding tert-OH is 1. The molecule has 25 heavy (non-hydrogen) atoms. The molecule has 1 aromatic carbocycles. The summed E-state index contributed by atoms with van der Waals surface area (Å²) in [4.78, 5) is 9.97. The van der Waals surface area contributed by atoms with Gasteiger partial charge in [-0.2, -0.15) is 0 Å². The number of aromatic nitrogens is 2. The summed E-state index contributed by atoms with van der Waals surface area (Å²) in [6.07, 6.45) is -0.464. The van der Waals surface area contributed by atoms with Gasteiger partial charge in [-0.25, -0.2) is 9.97 Å². The van der Waals surface area contributed by atoms with Crippen LogP contribution < -0.4 is 14.8 Å². The number of aliphatic hydroxyl groups is 1. The maximum Gasteiger partial charge on any atom is 0.161 e. The van der Waals surface area contributed by atoms with Gasteiger partial charge in [-0.1, -0.05) is 6.07 Å². The molecule has 0 saturated heterocycles. The number of aryl methyl sites for hydroxylation is 1. The van der Waals surface area contributed by atoms with Crippen molar-refractivity contribution in [2.75, 3.05) is 26.1 Å². The number of hydrogen-bond acceptors (Lipinski definition) is 7. The second kappa shape index (κ2) is 7.25. The van der Waals surface area contributed by atoms with E-state index >= 15 is 0 Å². The lowest BCUT2D eigenvalue weighted by Crippen LogP contribution is -2.16. The lowest BCUT2D eigenvalue weighted by Gasteiger charge is -2.12. The van der Waals surface area contributed by atoms with Crippen LogP contribution >= 0.6 is 11.3 Å². The summed E-state index contributed by atoms with van der Waals surface area (Å²) < 4.78 is 10.7. The van der Waals surface area contributed by atoms with Crippen molar-refractivity contribution in [3.63, 3.8) is 0 Å². The zero-order valence-corrected chi connectivity index (χ0v) is 15.5. The van der Waals surface area contributed by atoms with Gasteiger partial charge in [-0.15, -0.1) is 11.3 Å². The lowest BCUT2D eigenvalue weighted by molar-refractivity contribution is 0.208. The lowest BCUT2D eigenvalue weighted by atomic mass is 10.1. The third-order valence-corrected chi connectivity index (χ3v) is 4.68. The van der Waals surface area contributed by atoms with E-state index in [1.807, 2.05) is 25.1 Å². The molecular formula is C18H21N3O3S. The first kappa shape index (κ1) is 17.4. The fourth-order valence-electron chi connectivity index (χ4n) is 2.64. The van der Waals surface area contributed by atoms with E-state index in [0.717, 1.165) is 27.2 Å². The Labute approximate surface area is 150 Å². The first-order chi connectivity index (χ1) is 12.0. The minimum absolute atomic E-state index is 0.423. The highest BCUT2D eigenvalue weighted by atomic mass is 32.1. The molecular weight excluding hydrogens is 338 g/mol. The zero-order chi connectivity index (χ0) is 18.0. The van der Waals surface area contributed by atoms with Crippen LogP contribution in [0.1, 0.15) is 12.7 Å². The second-order valence-corrected chi connectivity index (χ2v) is 6.61. The number of hydrogen-bond donors (Lipinski definition) is 2. The Morgan fingerprint density at radius 3 is 2.64 bits per heavy atom. The Hall–Kier alpha value is -2.38. The number of benzene rings is 1. The summed E-state index contributed by atoms with van der Waals surface area (Å²) in [5, 5.41) is 15.8. The summed E-state index contributed by atoms with van der Waals surface area (Å²) in [6, 6.07) is 5.81. The van der Waals surface area contributed by atoms with E-state index in [1.54, 1.807) is 32.5 Å². The monoisotopic (exact) mass is 359 g/mol.